The number of ether oxygens (including phenoxy) is 1. The zero-order valence-electron chi connectivity index (χ0n) is 18.1. The molecule has 0 spiro atoms. The van der Waals surface area contributed by atoms with E-state index in [2.05, 4.69) is 10.9 Å². The van der Waals surface area contributed by atoms with Gasteiger partial charge in [-0.05, 0) is 19.1 Å². The summed E-state index contributed by atoms with van der Waals surface area (Å²) in [6.07, 6.45) is 4.95. The average molecular weight is 493 g/mol. The van der Waals surface area contributed by atoms with E-state index in [1.54, 1.807) is 11.5 Å². The van der Waals surface area contributed by atoms with Crippen molar-refractivity contribution in [2.75, 3.05) is 44.3 Å². The third kappa shape index (κ3) is 6.21. The molecule has 0 saturated carbocycles. The third-order valence-corrected chi connectivity index (χ3v) is 7.34. The highest BCUT2D eigenvalue weighted by Gasteiger charge is 2.28. The maximum Gasteiger partial charge on any atom is 0.409 e. The van der Waals surface area contributed by atoms with Crippen LogP contribution < -0.4 is 4.80 Å². The molecule has 0 bridgehead atoms. The van der Waals surface area contributed by atoms with E-state index >= 15 is 0 Å². The summed E-state index contributed by atoms with van der Waals surface area (Å²) >= 11 is 1.23. The van der Waals surface area contributed by atoms with Crippen molar-refractivity contribution in [2.24, 2.45) is 4.99 Å². The molecule has 1 saturated heterocycles. The van der Waals surface area contributed by atoms with Gasteiger partial charge in [0.15, 0.2) is 14.6 Å². The van der Waals surface area contributed by atoms with Gasteiger partial charge in [0, 0.05) is 26.2 Å². The topological polar surface area (TPSA) is 118 Å². The highest BCUT2D eigenvalue weighted by atomic mass is 32.2. The van der Waals surface area contributed by atoms with E-state index in [1.165, 1.54) is 21.1 Å². The summed E-state index contributed by atoms with van der Waals surface area (Å²) in [5.74, 6) is -0.667. The fourth-order valence-electron chi connectivity index (χ4n) is 3.36. The molecule has 1 aliphatic rings. The number of sulfone groups is 1. The van der Waals surface area contributed by atoms with Gasteiger partial charge in [-0.2, -0.15) is 4.99 Å². The van der Waals surface area contributed by atoms with Crippen molar-refractivity contribution in [3.8, 4) is 12.3 Å². The fraction of sp³-hybridized carbons (Fsp3) is 0.429. The van der Waals surface area contributed by atoms with Gasteiger partial charge in [0.25, 0.3) is 5.91 Å². The van der Waals surface area contributed by atoms with Crippen molar-refractivity contribution < 1.29 is 27.5 Å². The van der Waals surface area contributed by atoms with Crippen LogP contribution in [-0.4, -0.2) is 85.0 Å². The number of aromatic nitrogens is 1. The first-order valence-electron chi connectivity index (χ1n) is 10.2. The Hall–Kier alpha value is -3.17. The maximum absolute atomic E-state index is 12.5. The van der Waals surface area contributed by atoms with Crippen LogP contribution in [0.25, 0.3) is 10.2 Å². The van der Waals surface area contributed by atoms with Crippen molar-refractivity contribution in [3.05, 3.63) is 29.1 Å². The molecule has 10 nitrogen and oxygen atoms in total. The Balaban J connectivity index is 1.64. The predicted molar refractivity (Wildman–Crippen MR) is 123 cm³/mol. The largest absolute Gasteiger partial charge is 0.450 e. The molecule has 12 heteroatoms. The van der Waals surface area contributed by atoms with Crippen LogP contribution >= 0.6 is 11.3 Å². The summed E-state index contributed by atoms with van der Waals surface area (Å²) < 4.78 is 32.4. The smallest absolute Gasteiger partial charge is 0.409 e. The van der Waals surface area contributed by atoms with Crippen molar-refractivity contribution >= 4 is 49.3 Å². The summed E-state index contributed by atoms with van der Waals surface area (Å²) in [6.45, 7) is 3.02. The first-order valence-corrected chi connectivity index (χ1v) is 12.9. The Labute approximate surface area is 195 Å². The lowest BCUT2D eigenvalue weighted by atomic mass is 10.3. The van der Waals surface area contributed by atoms with Crippen molar-refractivity contribution in [1.29, 1.82) is 0 Å². The number of fused-ring (bicyclic) bond motifs is 1. The van der Waals surface area contributed by atoms with Crippen LogP contribution in [0.15, 0.2) is 29.3 Å². The third-order valence-electron chi connectivity index (χ3n) is 4.90. The van der Waals surface area contributed by atoms with Crippen molar-refractivity contribution in [3.63, 3.8) is 0 Å². The Morgan fingerprint density at radius 1 is 1.12 bits per heavy atom. The van der Waals surface area contributed by atoms with Gasteiger partial charge in [-0.1, -0.05) is 29.4 Å². The lowest BCUT2D eigenvalue weighted by Crippen LogP contribution is -2.52. The number of piperazine rings is 1. The standard InChI is InChI=1S/C21H24N4O6S2/c1-3-9-25-16-7-5-6-8-17(16)32-20(25)22-18(26)14-33(29,30)15-19(27)23-10-12-24(13-11-23)21(28)31-4-2/h1,5-8H,4,9-15H2,2H3. The van der Waals surface area contributed by atoms with Crippen LogP contribution in [0.3, 0.4) is 0 Å². The minimum atomic E-state index is -4.03. The summed E-state index contributed by atoms with van der Waals surface area (Å²) in [6, 6.07) is 7.36. The van der Waals surface area contributed by atoms with Gasteiger partial charge in [-0.15, -0.1) is 6.42 Å². The molecule has 176 valence electrons. The molecule has 33 heavy (non-hydrogen) atoms. The molecule has 1 aliphatic heterocycles. The maximum atomic E-state index is 12.5. The van der Waals surface area contributed by atoms with Gasteiger partial charge >= 0.3 is 6.09 Å². The van der Waals surface area contributed by atoms with Crippen molar-refractivity contribution in [2.45, 2.75) is 13.5 Å². The number of benzene rings is 1. The number of carbonyl (C=O) groups excluding carboxylic acids is 3. The number of amides is 3. The van der Waals surface area contributed by atoms with Crippen LogP contribution in [0.2, 0.25) is 0 Å². The number of hydrogen-bond donors (Lipinski definition) is 0. The lowest BCUT2D eigenvalue weighted by molar-refractivity contribution is -0.130. The Bertz CT molecular complexity index is 1260. The molecular formula is C21H24N4O6S2. The second kappa shape index (κ2) is 10.6. The number of para-hydroxylation sites is 1. The zero-order valence-corrected chi connectivity index (χ0v) is 19.7. The summed E-state index contributed by atoms with van der Waals surface area (Å²) in [5.41, 5.74) is 0.798. The predicted octanol–water partition coefficient (Wildman–Crippen LogP) is 0.479. The molecule has 3 amide bonds. The first-order chi connectivity index (χ1) is 15.7. The number of rotatable bonds is 6. The molecule has 0 unspecified atom stereocenters. The molecule has 1 aromatic carbocycles. The zero-order chi connectivity index (χ0) is 24.0. The normalized spacial score (nSPS) is 14.8. The molecule has 0 N–H and O–H groups in total. The average Bonchev–Trinajstić information content (AvgIpc) is 3.10. The second-order valence-corrected chi connectivity index (χ2v) is 10.3. The van der Waals surface area contributed by atoms with E-state index in [-0.39, 0.29) is 39.3 Å². The number of thiazole rings is 1. The van der Waals surface area contributed by atoms with Crippen LogP contribution in [-0.2, 0) is 30.7 Å². The minimum Gasteiger partial charge on any atom is -0.450 e. The van der Waals surface area contributed by atoms with Crippen molar-refractivity contribution in [1.82, 2.24) is 14.4 Å². The van der Waals surface area contributed by atoms with Gasteiger partial charge in [0.1, 0.15) is 11.5 Å². The molecule has 1 aromatic heterocycles. The van der Waals surface area contributed by atoms with Crippen LogP contribution in [0.1, 0.15) is 6.92 Å². The van der Waals surface area contributed by atoms with Gasteiger partial charge in [-0.25, -0.2) is 13.2 Å². The number of nitrogens with zero attached hydrogens (tertiary/aromatic N) is 4. The van der Waals surface area contributed by atoms with Crippen LogP contribution in [0.5, 0.6) is 0 Å². The molecular weight excluding hydrogens is 468 g/mol. The van der Waals surface area contributed by atoms with Crippen LogP contribution in [0, 0.1) is 12.3 Å². The highest BCUT2D eigenvalue weighted by molar-refractivity contribution is 7.92. The summed E-state index contributed by atoms with van der Waals surface area (Å²) in [5, 5.41) is 0. The monoisotopic (exact) mass is 492 g/mol. The molecule has 3 rings (SSSR count). The Kier molecular flexibility index (Phi) is 7.88. The quantitative estimate of drug-likeness (QED) is 0.541. The minimum absolute atomic E-state index is 0.180. The number of carbonyl (C=O) groups is 3. The Morgan fingerprint density at radius 2 is 1.79 bits per heavy atom. The van der Waals surface area contributed by atoms with E-state index < -0.39 is 39.3 Å². The lowest BCUT2D eigenvalue weighted by Gasteiger charge is -2.34. The molecule has 2 aromatic rings. The van der Waals surface area contributed by atoms with E-state index in [9.17, 15) is 22.8 Å². The SMILES string of the molecule is C#CCn1c(=NC(=O)CS(=O)(=O)CC(=O)N2CCN(C(=O)OCC)CC2)sc2ccccc21. The molecule has 0 radical (unpaired) electrons. The summed E-state index contributed by atoms with van der Waals surface area (Å²) in [4.78, 5) is 43.7. The van der Waals surface area contributed by atoms with Gasteiger partial charge in [0.2, 0.25) is 5.91 Å². The van der Waals surface area contributed by atoms with E-state index in [0.717, 1.165) is 10.2 Å². The summed E-state index contributed by atoms with van der Waals surface area (Å²) in [7, 11) is -4.03. The second-order valence-electron chi connectivity index (χ2n) is 7.25. The molecule has 0 atom stereocenters. The number of terminal acetylenes is 1. The van der Waals surface area contributed by atoms with E-state index in [1.807, 2.05) is 24.3 Å². The Morgan fingerprint density at radius 3 is 2.45 bits per heavy atom. The molecule has 0 aliphatic carbocycles. The molecule has 1 fully saturated rings. The van der Waals surface area contributed by atoms with Crippen LogP contribution in [0.4, 0.5) is 4.79 Å². The fourth-order valence-corrected chi connectivity index (χ4v) is 5.51. The molecule has 2 heterocycles. The highest BCUT2D eigenvalue weighted by Crippen LogP contribution is 2.16. The van der Waals surface area contributed by atoms with E-state index in [0.29, 0.717) is 4.80 Å². The number of hydrogen-bond acceptors (Lipinski definition) is 7. The van der Waals surface area contributed by atoms with Gasteiger partial charge in [-0.3, -0.25) is 9.59 Å². The van der Waals surface area contributed by atoms with Gasteiger partial charge in [0.05, 0.1) is 23.4 Å². The first kappa shape index (κ1) is 24.5. The van der Waals surface area contributed by atoms with E-state index in [4.69, 9.17) is 11.2 Å². The van der Waals surface area contributed by atoms with Gasteiger partial charge < -0.3 is 19.1 Å².